The first kappa shape index (κ1) is 7.92. The lowest BCUT2D eigenvalue weighted by molar-refractivity contribution is 0.0254. The number of ether oxygens (including phenoxy) is 1. The van der Waals surface area contributed by atoms with Gasteiger partial charge in [-0.1, -0.05) is 6.92 Å². The maximum atomic E-state index is 8.44. The van der Waals surface area contributed by atoms with E-state index in [9.17, 15) is 0 Å². The Balaban J connectivity index is 2.86. The van der Waals surface area contributed by atoms with Gasteiger partial charge in [-0.25, -0.2) is 0 Å². The summed E-state index contributed by atoms with van der Waals surface area (Å²) >= 11 is 0. The summed E-state index contributed by atoms with van der Waals surface area (Å²) in [5.41, 5.74) is 0. The minimum atomic E-state index is 0.00921. The van der Waals surface area contributed by atoms with E-state index in [4.69, 9.17) is 9.84 Å². The average Bonchev–Trinajstić information content (AvgIpc) is 1.83. The molecule has 0 aliphatic heterocycles. The van der Waals surface area contributed by atoms with Gasteiger partial charge in [-0.15, -0.1) is 0 Å². The Labute approximate surface area is 50.5 Å². The van der Waals surface area contributed by atoms with Crippen LogP contribution in [0.1, 0.15) is 20.3 Å². The molecule has 0 aromatic heterocycles. The summed E-state index contributed by atoms with van der Waals surface area (Å²) in [6.07, 6.45) is 1.03. The molecular formula is C6H14O2. The minimum Gasteiger partial charge on any atom is -0.394 e. The van der Waals surface area contributed by atoms with Crippen LogP contribution in [0.4, 0.5) is 0 Å². The summed E-state index contributed by atoms with van der Waals surface area (Å²) in [7, 11) is 0. The molecule has 0 unspecified atom stereocenters. The van der Waals surface area contributed by atoms with Gasteiger partial charge >= 0.3 is 0 Å². The molecule has 2 nitrogen and oxygen atoms in total. The summed E-state index contributed by atoms with van der Waals surface area (Å²) in [6, 6.07) is 0. The number of aliphatic hydroxyl groups excluding tert-OH is 1. The second kappa shape index (κ2) is 5.06. The van der Waals surface area contributed by atoms with Gasteiger partial charge in [0.25, 0.3) is 0 Å². The van der Waals surface area contributed by atoms with Crippen molar-refractivity contribution in [2.24, 2.45) is 0 Å². The second-order valence-electron chi connectivity index (χ2n) is 1.86. The van der Waals surface area contributed by atoms with E-state index >= 15 is 0 Å². The summed E-state index contributed by atoms with van der Waals surface area (Å²) in [6.45, 7) is 4.78. The lowest BCUT2D eigenvalue weighted by atomic mass is 10.4. The molecule has 0 heterocycles. The van der Waals surface area contributed by atoms with Crippen LogP contribution in [0.3, 0.4) is 0 Å². The molecule has 8 heavy (non-hydrogen) atoms. The fourth-order valence-electron chi connectivity index (χ4n) is 0.372. The molecule has 0 aromatic rings. The molecule has 0 saturated heterocycles. The van der Waals surface area contributed by atoms with Gasteiger partial charge in [-0.05, 0) is 13.3 Å². The van der Waals surface area contributed by atoms with Crippen LogP contribution in [-0.4, -0.2) is 24.4 Å². The first-order chi connectivity index (χ1) is 3.81. The van der Waals surface area contributed by atoms with Crippen LogP contribution in [0, 0.1) is 0 Å². The molecule has 1 N–H and O–H groups in total. The molecule has 0 bridgehead atoms. The van der Waals surface area contributed by atoms with Gasteiger partial charge in [0.05, 0.1) is 12.7 Å². The standard InChI is InChI=1S/C6H14O2/c1-3-4-8-6(2)5-7/h6-7H,3-5H2,1-2H3/t6-/m1/s1. The Morgan fingerprint density at radius 1 is 1.62 bits per heavy atom. The molecule has 0 aliphatic carbocycles. The van der Waals surface area contributed by atoms with Crippen LogP contribution in [0.15, 0.2) is 0 Å². The predicted octanol–water partition coefficient (Wildman–Crippen LogP) is 0.794. The van der Waals surface area contributed by atoms with Gasteiger partial charge in [0.15, 0.2) is 0 Å². The summed E-state index contributed by atoms with van der Waals surface area (Å²) in [5.74, 6) is 0. The van der Waals surface area contributed by atoms with Crippen molar-refractivity contribution in [2.45, 2.75) is 26.4 Å². The fourth-order valence-corrected chi connectivity index (χ4v) is 0.372. The van der Waals surface area contributed by atoms with Gasteiger partial charge in [0.1, 0.15) is 0 Å². The van der Waals surface area contributed by atoms with E-state index in [1.54, 1.807) is 0 Å². The quantitative estimate of drug-likeness (QED) is 0.591. The van der Waals surface area contributed by atoms with Crippen LogP contribution in [0.5, 0.6) is 0 Å². The number of aliphatic hydroxyl groups is 1. The maximum absolute atomic E-state index is 8.44. The highest BCUT2D eigenvalue weighted by atomic mass is 16.5. The first-order valence-electron chi connectivity index (χ1n) is 3.03. The lowest BCUT2D eigenvalue weighted by Crippen LogP contribution is -2.12. The number of hydrogen-bond donors (Lipinski definition) is 1. The van der Waals surface area contributed by atoms with E-state index in [0.717, 1.165) is 13.0 Å². The van der Waals surface area contributed by atoms with Crippen LogP contribution < -0.4 is 0 Å². The zero-order valence-corrected chi connectivity index (χ0v) is 5.55. The third-order valence-corrected chi connectivity index (χ3v) is 0.864. The maximum Gasteiger partial charge on any atom is 0.0777 e. The van der Waals surface area contributed by atoms with Crippen molar-refractivity contribution in [1.29, 1.82) is 0 Å². The van der Waals surface area contributed by atoms with Gasteiger partial charge < -0.3 is 9.84 Å². The van der Waals surface area contributed by atoms with E-state index < -0.39 is 0 Å². The lowest BCUT2D eigenvalue weighted by Gasteiger charge is -2.06. The monoisotopic (exact) mass is 118 g/mol. The molecule has 2 heteroatoms. The Kier molecular flexibility index (Phi) is 5.01. The number of hydrogen-bond acceptors (Lipinski definition) is 2. The molecule has 0 rings (SSSR count). The Morgan fingerprint density at radius 3 is 2.62 bits per heavy atom. The van der Waals surface area contributed by atoms with E-state index in [2.05, 4.69) is 0 Å². The normalized spacial score (nSPS) is 13.9. The van der Waals surface area contributed by atoms with Crippen molar-refractivity contribution < 1.29 is 9.84 Å². The van der Waals surface area contributed by atoms with E-state index in [0.29, 0.717) is 0 Å². The third kappa shape index (κ3) is 4.09. The van der Waals surface area contributed by atoms with Gasteiger partial charge in [0.2, 0.25) is 0 Å². The summed E-state index contributed by atoms with van der Waals surface area (Å²) < 4.78 is 5.09. The highest BCUT2D eigenvalue weighted by Gasteiger charge is 1.95. The van der Waals surface area contributed by atoms with E-state index in [-0.39, 0.29) is 12.7 Å². The Morgan fingerprint density at radius 2 is 2.25 bits per heavy atom. The minimum absolute atomic E-state index is 0.00921. The molecule has 0 amide bonds. The zero-order valence-electron chi connectivity index (χ0n) is 5.55. The molecule has 0 fully saturated rings. The highest BCUT2D eigenvalue weighted by Crippen LogP contribution is 1.88. The van der Waals surface area contributed by atoms with Crippen molar-refractivity contribution in [1.82, 2.24) is 0 Å². The third-order valence-electron chi connectivity index (χ3n) is 0.864. The smallest absolute Gasteiger partial charge is 0.0777 e. The molecule has 0 saturated carbocycles. The average molecular weight is 118 g/mol. The Hall–Kier alpha value is -0.0800. The van der Waals surface area contributed by atoms with Crippen molar-refractivity contribution in [3.8, 4) is 0 Å². The molecule has 50 valence electrons. The molecule has 0 aromatic carbocycles. The fraction of sp³-hybridized carbons (Fsp3) is 1.00. The predicted molar refractivity (Wildman–Crippen MR) is 32.8 cm³/mol. The molecule has 0 spiro atoms. The van der Waals surface area contributed by atoms with Crippen molar-refractivity contribution in [2.75, 3.05) is 13.2 Å². The SMILES string of the molecule is CCCO[C@H](C)CO. The summed E-state index contributed by atoms with van der Waals surface area (Å²) in [4.78, 5) is 0. The van der Waals surface area contributed by atoms with Crippen molar-refractivity contribution in [3.05, 3.63) is 0 Å². The molecule has 0 radical (unpaired) electrons. The molecular weight excluding hydrogens is 104 g/mol. The zero-order chi connectivity index (χ0) is 6.41. The molecule has 1 atom stereocenters. The first-order valence-corrected chi connectivity index (χ1v) is 3.03. The van der Waals surface area contributed by atoms with Crippen LogP contribution in [0.2, 0.25) is 0 Å². The van der Waals surface area contributed by atoms with E-state index in [1.807, 2.05) is 13.8 Å². The van der Waals surface area contributed by atoms with Crippen molar-refractivity contribution >= 4 is 0 Å². The Bertz CT molecular complexity index is 45.8. The van der Waals surface area contributed by atoms with E-state index in [1.165, 1.54) is 0 Å². The van der Waals surface area contributed by atoms with Gasteiger partial charge in [-0.3, -0.25) is 0 Å². The van der Waals surface area contributed by atoms with Crippen molar-refractivity contribution in [3.63, 3.8) is 0 Å². The summed E-state index contributed by atoms with van der Waals surface area (Å²) in [5, 5.41) is 8.44. The van der Waals surface area contributed by atoms with Crippen LogP contribution >= 0.6 is 0 Å². The van der Waals surface area contributed by atoms with Gasteiger partial charge in [0, 0.05) is 6.61 Å². The molecule has 0 aliphatic rings. The topological polar surface area (TPSA) is 29.5 Å². The van der Waals surface area contributed by atoms with Gasteiger partial charge in [-0.2, -0.15) is 0 Å². The number of rotatable bonds is 4. The van der Waals surface area contributed by atoms with Crippen LogP contribution in [0.25, 0.3) is 0 Å². The second-order valence-corrected chi connectivity index (χ2v) is 1.86. The highest BCUT2D eigenvalue weighted by molar-refractivity contribution is 4.42. The van der Waals surface area contributed by atoms with Crippen LogP contribution in [-0.2, 0) is 4.74 Å². The largest absolute Gasteiger partial charge is 0.394 e.